The van der Waals surface area contributed by atoms with Gasteiger partial charge >= 0.3 is 0 Å². The fraction of sp³-hybridized carbons (Fsp3) is 0.455. The molecule has 0 aliphatic heterocycles. The molecule has 2 aromatic rings. The van der Waals surface area contributed by atoms with Gasteiger partial charge in [-0.1, -0.05) is 0 Å². The molecule has 0 amide bonds. The van der Waals surface area contributed by atoms with Crippen LogP contribution in [0.25, 0.3) is 0 Å². The Bertz CT molecular complexity index is 484. The summed E-state index contributed by atoms with van der Waals surface area (Å²) < 4.78 is 9.58. The van der Waals surface area contributed by atoms with Crippen molar-refractivity contribution in [2.24, 2.45) is 7.05 Å². The first kappa shape index (κ1) is 9.45. The van der Waals surface area contributed by atoms with Crippen molar-refractivity contribution < 1.29 is 4.74 Å². The van der Waals surface area contributed by atoms with Gasteiger partial charge < -0.3 is 9.30 Å². The highest BCUT2D eigenvalue weighted by Crippen LogP contribution is 2.35. The molecule has 5 heteroatoms. The lowest BCUT2D eigenvalue weighted by molar-refractivity contribution is 0.294. The van der Waals surface area contributed by atoms with E-state index in [1.54, 1.807) is 10.9 Å². The summed E-state index contributed by atoms with van der Waals surface area (Å²) in [6.45, 7) is 0.558. The SMILES string of the molecule is Cn1cc(OCc2cncn2C2CC2)cn1. The minimum absolute atomic E-state index is 0.558. The summed E-state index contributed by atoms with van der Waals surface area (Å²) in [5.74, 6) is 0.797. The maximum Gasteiger partial charge on any atom is 0.157 e. The van der Waals surface area contributed by atoms with Crippen molar-refractivity contribution in [3.63, 3.8) is 0 Å². The van der Waals surface area contributed by atoms with Gasteiger partial charge in [-0.25, -0.2) is 4.98 Å². The number of imidazole rings is 1. The van der Waals surface area contributed by atoms with Gasteiger partial charge in [-0.15, -0.1) is 0 Å². The number of aryl methyl sites for hydroxylation is 1. The summed E-state index contributed by atoms with van der Waals surface area (Å²) in [6.07, 6.45) is 9.86. The van der Waals surface area contributed by atoms with Crippen LogP contribution in [0.1, 0.15) is 24.6 Å². The number of rotatable bonds is 4. The van der Waals surface area contributed by atoms with Crippen LogP contribution in [0, 0.1) is 0 Å². The first-order chi connectivity index (χ1) is 7.83. The van der Waals surface area contributed by atoms with E-state index in [0.717, 1.165) is 11.4 Å². The molecule has 0 spiro atoms. The molecule has 1 aliphatic carbocycles. The number of ether oxygens (including phenoxy) is 1. The van der Waals surface area contributed by atoms with Crippen molar-refractivity contribution in [3.8, 4) is 5.75 Å². The summed E-state index contributed by atoms with van der Waals surface area (Å²) in [4.78, 5) is 4.16. The van der Waals surface area contributed by atoms with Gasteiger partial charge in [0.2, 0.25) is 0 Å². The third kappa shape index (κ3) is 1.80. The summed E-state index contributed by atoms with van der Waals surface area (Å²) in [7, 11) is 1.88. The summed E-state index contributed by atoms with van der Waals surface area (Å²) in [6, 6.07) is 0.648. The molecule has 1 aliphatic rings. The van der Waals surface area contributed by atoms with E-state index in [2.05, 4.69) is 14.6 Å². The van der Waals surface area contributed by atoms with Crippen LogP contribution in [0.5, 0.6) is 5.75 Å². The molecule has 84 valence electrons. The molecule has 0 saturated heterocycles. The number of hydrogen-bond acceptors (Lipinski definition) is 3. The number of nitrogens with zero attached hydrogens (tertiary/aromatic N) is 4. The fourth-order valence-electron chi connectivity index (χ4n) is 1.76. The third-order valence-corrected chi connectivity index (χ3v) is 2.75. The molecule has 0 atom stereocenters. The minimum atomic E-state index is 0.558. The molecule has 2 aromatic heterocycles. The second-order valence-electron chi connectivity index (χ2n) is 4.16. The Balaban J connectivity index is 1.67. The van der Waals surface area contributed by atoms with E-state index < -0.39 is 0 Å². The van der Waals surface area contributed by atoms with Crippen molar-refractivity contribution in [3.05, 3.63) is 30.6 Å². The zero-order chi connectivity index (χ0) is 11.0. The quantitative estimate of drug-likeness (QED) is 0.781. The second kappa shape index (κ2) is 3.66. The Morgan fingerprint density at radius 2 is 2.31 bits per heavy atom. The molecule has 0 radical (unpaired) electrons. The zero-order valence-electron chi connectivity index (χ0n) is 9.21. The lowest BCUT2D eigenvalue weighted by Crippen LogP contribution is -2.03. The fourth-order valence-corrected chi connectivity index (χ4v) is 1.76. The van der Waals surface area contributed by atoms with Gasteiger partial charge in [0.15, 0.2) is 5.75 Å². The molecule has 3 rings (SSSR count). The van der Waals surface area contributed by atoms with E-state index in [1.807, 2.05) is 25.8 Å². The first-order valence-corrected chi connectivity index (χ1v) is 5.45. The molecule has 0 bridgehead atoms. The van der Waals surface area contributed by atoms with Crippen molar-refractivity contribution in [1.82, 2.24) is 19.3 Å². The van der Waals surface area contributed by atoms with Crippen molar-refractivity contribution in [2.75, 3.05) is 0 Å². The first-order valence-electron chi connectivity index (χ1n) is 5.45. The van der Waals surface area contributed by atoms with E-state index >= 15 is 0 Å². The molecule has 0 N–H and O–H groups in total. The average molecular weight is 218 g/mol. The van der Waals surface area contributed by atoms with Crippen LogP contribution in [-0.2, 0) is 13.7 Å². The van der Waals surface area contributed by atoms with Crippen LogP contribution in [0.3, 0.4) is 0 Å². The minimum Gasteiger partial charge on any atom is -0.484 e. The molecule has 1 fully saturated rings. The summed E-state index contributed by atoms with van der Waals surface area (Å²) in [5.41, 5.74) is 1.13. The van der Waals surface area contributed by atoms with Crippen LogP contribution < -0.4 is 4.74 Å². The van der Waals surface area contributed by atoms with E-state index in [0.29, 0.717) is 12.6 Å². The van der Waals surface area contributed by atoms with Crippen LogP contribution in [0.2, 0.25) is 0 Å². The molecular weight excluding hydrogens is 204 g/mol. The van der Waals surface area contributed by atoms with Crippen molar-refractivity contribution in [1.29, 1.82) is 0 Å². The molecule has 0 aromatic carbocycles. The summed E-state index contributed by atoms with van der Waals surface area (Å²) in [5, 5.41) is 4.06. The predicted octanol–water partition coefficient (Wildman–Crippen LogP) is 1.53. The van der Waals surface area contributed by atoms with E-state index in [9.17, 15) is 0 Å². The zero-order valence-corrected chi connectivity index (χ0v) is 9.21. The van der Waals surface area contributed by atoms with Gasteiger partial charge in [-0.2, -0.15) is 5.10 Å². The predicted molar refractivity (Wildman–Crippen MR) is 58.0 cm³/mol. The van der Waals surface area contributed by atoms with Gasteiger partial charge in [-0.05, 0) is 12.8 Å². The van der Waals surface area contributed by atoms with Crippen LogP contribution in [0.4, 0.5) is 0 Å². The van der Waals surface area contributed by atoms with Gasteiger partial charge in [0.25, 0.3) is 0 Å². The van der Waals surface area contributed by atoms with Crippen LogP contribution in [0.15, 0.2) is 24.9 Å². The normalized spacial score (nSPS) is 15.3. The molecule has 5 nitrogen and oxygen atoms in total. The van der Waals surface area contributed by atoms with Gasteiger partial charge in [-0.3, -0.25) is 4.68 Å². The Morgan fingerprint density at radius 3 is 3.00 bits per heavy atom. The topological polar surface area (TPSA) is 44.9 Å². The standard InChI is InChI=1S/C11H14N4O/c1-14-6-11(5-13-14)16-7-10-4-12-8-15(10)9-2-3-9/h4-6,8-9H,2-3,7H2,1H3. The van der Waals surface area contributed by atoms with E-state index in [-0.39, 0.29) is 0 Å². The largest absolute Gasteiger partial charge is 0.484 e. The second-order valence-corrected chi connectivity index (χ2v) is 4.16. The van der Waals surface area contributed by atoms with Crippen LogP contribution in [-0.4, -0.2) is 19.3 Å². The molecule has 1 saturated carbocycles. The third-order valence-electron chi connectivity index (χ3n) is 2.75. The van der Waals surface area contributed by atoms with Gasteiger partial charge in [0.05, 0.1) is 30.6 Å². The van der Waals surface area contributed by atoms with Crippen LogP contribution >= 0.6 is 0 Å². The number of hydrogen-bond donors (Lipinski definition) is 0. The van der Waals surface area contributed by atoms with E-state index in [4.69, 9.17) is 4.74 Å². The molecule has 0 unspecified atom stereocenters. The summed E-state index contributed by atoms with van der Waals surface area (Å²) >= 11 is 0. The average Bonchev–Trinajstić information content (AvgIpc) is 2.86. The maximum absolute atomic E-state index is 5.65. The molecule has 16 heavy (non-hydrogen) atoms. The monoisotopic (exact) mass is 218 g/mol. The maximum atomic E-state index is 5.65. The Morgan fingerprint density at radius 1 is 1.44 bits per heavy atom. The Hall–Kier alpha value is -1.78. The lowest BCUT2D eigenvalue weighted by Gasteiger charge is -2.06. The number of aromatic nitrogens is 4. The van der Waals surface area contributed by atoms with Gasteiger partial charge in [0.1, 0.15) is 6.61 Å². The smallest absolute Gasteiger partial charge is 0.157 e. The lowest BCUT2D eigenvalue weighted by atomic mass is 10.4. The van der Waals surface area contributed by atoms with Gasteiger partial charge in [0, 0.05) is 13.1 Å². The highest BCUT2D eigenvalue weighted by Gasteiger charge is 2.25. The Kier molecular flexibility index (Phi) is 2.16. The molecule has 2 heterocycles. The highest BCUT2D eigenvalue weighted by molar-refractivity contribution is 5.12. The Labute approximate surface area is 93.7 Å². The van der Waals surface area contributed by atoms with E-state index in [1.165, 1.54) is 12.8 Å². The molecular formula is C11H14N4O. The van der Waals surface area contributed by atoms with Crippen molar-refractivity contribution in [2.45, 2.75) is 25.5 Å². The highest BCUT2D eigenvalue weighted by atomic mass is 16.5. The van der Waals surface area contributed by atoms with Crippen molar-refractivity contribution >= 4 is 0 Å².